The SMILES string of the molecule is COc1cc(OC)c2c(c1Cl)O[C@]1(C2=O)C(O)=C(C(CC(=O)NCC(=O)Nc2ccccn2)c2ccc3c(c2)OCO3)C(=O)C[C@H]1C. The number of aromatic nitrogens is 1. The third-order valence-corrected chi connectivity index (χ3v) is 8.78. The molecule has 3 aromatic rings. The van der Waals surface area contributed by atoms with E-state index < -0.39 is 46.6 Å². The number of aliphatic hydroxyl groups is 1. The summed E-state index contributed by atoms with van der Waals surface area (Å²) in [5.41, 5.74) is -1.84. The number of methoxy groups -OCH3 is 2. The number of Topliss-reactive ketones (excluding diaryl/α,β-unsaturated/α-hetero) is 2. The number of carbonyl (C=O) groups is 4. The molecule has 2 amide bonds. The lowest BCUT2D eigenvalue weighted by molar-refractivity contribution is -0.124. The number of rotatable bonds is 9. The van der Waals surface area contributed by atoms with E-state index in [4.69, 9.17) is 35.3 Å². The fourth-order valence-corrected chi connectivity index (χ4v) is 6.38. The highest BCUT2D eigenvalue weighted by atomic mass is 35.5. The molecule has 0 radical (unpaired) electrons. The molecule has 244 valence electrons. The molecule has 3 heterocycles. The molecule has 0 fully saturated rings. The van der Waals surface area contributed by atoms with Crippen LogP contribution in [0.2, 0.25) is 5.02 Å². The van der Waals surface area contributed by atoms with Crippen molar-refractivity contribution in [1.29, 1.82) is 0 Å². The lowest BCUT2D eigenvalue weighted by Gasteiger charge is -2.38. The molecule has 3 atom stereocenters. The summed E-state index contributed by atoms with van der Waals surface area (Å²) in [5, 5.41) is 17.2. The van der Waals surface area contributed by atoms with Gasteiger partial charge in [0.25, 0.3) is 0 Å². The molecule has 3 aliphatic rings. The third kappa shape index (κ3) is 5.46. The van der Waals surface area contributed by atoms with Crippen molar-refractivity contribution in [2.45, 2.75) is 31.3 Å². The molecule has 0 saturated carbocycles. The molecule has 47 heavy (non-hydrogen) atoms. The minimum absolute atomic E-state index is 0.0114. The van der Waals surface area contributed by atoms with E-state index in [9.17, 15) is 24.3 Å². The third-order valence-electron chi connectivity index (χ3n) is 8.43. The summed E-state index contributed by atoms with van der Waals surface area (Å²) in [7, 11) is 2.75. The Hall–Kier alpha value is -5.30. The van der Waals surface area contributed by atoms with Gasteiger partial charge < -0.3 is 39.4 Å². The number of allylic oxidation sites excluding steroid dienone is 1. The van der Waals surface area contributed by atoms with Crippen molar-refractivity contribution in [3.8, 4) is 28.7 Å². The number of benzene rings is 2. The van der Waals surface area contributed by atoms with Crippen molar-refractivity contribution in [2.75, 3.05) is 32.9 Å². The molecule has 6 rings (SSSR count). The van der Waals surface area contributed by atoms with Crippen LogP contribution >= 0.6 is 11.6 Å². The summed E-state index contributed by atoms with van der Waals surface area (Å²) in [6.07, 6.45) is 0.924. The maximum absolute atomic E-state index is 14.3. The monoisotopic (exact) mass is 663 g/mol. The molecular formula is C33H30ClN3O10. The van der Waals surface area contributed by atoms with Crippen LogP contribution in [-0.4, -0.2) is 66.6 Å². The van der Waals surface area contributed by atoms with Gasteiger partial charge in [-0.3, -0.25) is 19.2 Å². The van der Waals surface area contributed by atoms with E-state index in [2.05, 4.69) is 15.6 Å². The quantitative estimate of drug-likeness (QED) is 0.300. The van der Waals surface area contributed by atoms with Gasteiger partial charge in [0.15, 0.2) is 28.8 Å². The average Bonchev–Trinajstić information content (AvgIpc) is 3.66. The van der Waals surface area contributed by atoms with Crippen LogP contribution in [0.15, 0.2) is 60.0 Å². The van der Waals surface area contributed by atoms with E-state index in [1.165, 1.54) is 26.5 Å². The molecule has 2 aliphatic heterocycles. The highest BCUT2D eigenvalue weighted by Crippen LogP contribution is 2.56. The van der Waals surface area contributed by atoms with Gasteiger partial charge in [0.2, 0.25) is 30.0 Å². The van der Waals surface area contributed by atoms with Gasteiger partial charge in [0.1, 0.15) is 27.9 Å². The number of amides is 2. The van der Waals surface area contributed by atoms with Gasteiger partial charge in [-0.05, 0) is 29.8 Å². The van der Waals surface area contributed by atoms with Crippen LogP contribution in [-0.2, 0) is 14.4 Å². The number of hydrogen-bond acceptors (Lipinski definition) is 11. The van der Waals surface area contributed by atoms with E-state index in [0.717, 1.165) is 0 Å². The number of hydrogen-bond donors (Lipinski definition) is 3. The highest BCUT2D eigenvalue weighted by Gasteiger charge is 2.61. The van der Waals surface area contributed by atoms with Crippen LogP contribution in [0.1, 0.15) is 41.6 Å². The topological polar surface area (TPSA) is 172 Å². The molecular weight excluding hydrogens is 634 g/mol. The predicted molar refractivity (Wildman–Crippen MR) is 166 cm³/mol. The first-order valence-corrected chi connectivity index (χ1v) is 15.0. The van der Waals surface area contributed by atoms with E-state index in [-0.39, 0.29) is 59.6 Å². The Kier molecular flexibility index (Phi) is 8.41. The lowest BCUT2D eigenvalue weighted by atomic mass is 9.69. The fraction of sp³-hybridized carbons (Fsp3) is 0.303. The lowest BCUT2D eigenvalue weighted by Crippen LogP contribution is -2.53. The van der Waals surface area contributed by atoms with Gasteiger partial charge in [-0.25, -0.2) is 4.98 Å². The smallest absolute Gasteiger partial charge is 0.244 e. The van der Waals surface area contributed by atoms with Crippen LogP contribution in [0.3, 0.4) is 0 Å². The maximum Gasteiger partial charge on any atom is 0.244 e. The number of pyridine rings is 1. The molecule has 14 heteroatoms. The number of ether oxygens (including phenoxy) is 5. The van der Waals surface area contributed by atoms with E-state index in [0.29, 0.717) is 22.9 Å². The number of fused-ring (bicyclic) bond motifs is 2. The zero-order valence-electron chi connectivity index (χ0n) is 25.5. The largest absolute Gasteiger partial charge is 0.507 e. The van der Waals surface area contributed by atoms with Crippen LogP contribution in [0.5, 0.6) is 28.7 Å². The molecule has 13 nitrogen and oxygen atoms in total. The van der Waals surface area contributed by atoms with E-state index in [1.54, 1.807) is 43.3 Å². The first kappa shape index (κ1) is 31.7. The summed E-state index contributed by atoms with van der Waals surface area (Å²) < 4.78 is 28.0. The van der Waals surface area contributed by atoms with Crippen molar-refractivity contribution < 1.29 is 48.0 Å². The second-order valence-corrected chi connectivity index (χ2v) is 11.5. The minimum Gasteiger partial charge on any atom is -0.507 e. The van der Waals surface area contributed by atoms with Gasteiger partial charge in [0.05, 0.1) is 20.8 Å². The van der Waals surface area contributed by atoms with Crippen LogP contribution in [0.4, 0.5) is 5.82 Å². The molecule has 2 aromatic carbocycles. The van der Waals surface area contributed by atoms with Gasteiger partial charge in [-0.2, -0.15) is 0 Å². The first-order chi connectivity index (χ1) is 22.6. The zero-order chi connectivity index (χ0) is 33.5. The van der Waals surface area contributed by atoms with Crippen LogP contribution in [0, 0.1) is 5.92 Å². The van der Waals surface area contributed by atoms with Crippen LogP contribution < -0.4 is 34.3 Å². The zero-order valence-corrected chi connectivity index (χ0v) is 26.3. The second kappa shape index (κ2) is 12.5. The summed E-state index contributed by atoms with van der Waals surface area (Å²) >= 11 is 6.57. The van der Waals surface area contributed by atoms with Crippen LogP contribution in [0.25, 0.3) is 0 Å². The predicted octanol–water partition coefficient (Wildman–Crippen LogP) is 4.14. The van der Waals surface area contributed by atoms with Crippen molar-refractivity contribution >= 4 is 40.8 Å². The number of carbonyl (C=O) groups excluding carboxylic acids is 4. The molecule has 1 unspecified atom stereocenters. The Labute approximate surface area is 273 Å². The number of ketones is 2. The van der Waals surface area contributed by atoms with Crippen molar-refractivity contribution in [1.82, 2.24) is 10.3 Å². The minimum atomic E-state index is -2.05. The Balaban J connectivity index is 1.38. The maximum atomic E-state index is 14.3. The van der Waals surface area contributed by atoms with Crippen molar-refractivity contribution in [3.63, 3.8) is 0 Å². The summed E-state index contributed by atoms with van der Waals surface area (Å²) in [4.78, 5) is 58.0. The Bertz CT molecular complexity index is 1830. The molecule has 1 aliphatic carbocycles. The van der Waals surface area contributed by atoms with E-state index in [1.807, 2.05) is 0 Å². The van der Waals surface area contributed by atoms with Gasteiger partial charge in [-0.15, -0.1) is 0 Å². The fourth-order valence-electron chi connectivity index (χ4n) is 6.12. The molecule has 0 bridgehead atoms. The number of nitrogens with zero attached hydrogens (tertiary/aromatic N) is 1. The van der Waals surface area contributed by atoms with Crippen molar-refractivity contribution in [3.05, 3.63) is 76.1 Å². The summed E-state index contributed by atoms with van der Waals surface area (Å²) in [5.74, 6) is -3.50. The molecule has 1 aromatic heterocycles. The average molecular weight is 664 g/mol. The Morgan fingerprint density at radius 2 is 1.85 bits per heavy atom. The Morgan fingerprint density at radius 1 is 1.09 bits per heavy atom. The molecule has 1 spiro atoms. The second-order valence-electron chi connectivity index (χ2n) is 11.2. The highest BCUT2D eigenvalue weighted by molar-refractivity contribution is 6.35. The Morgan fingerprint density at radius 3 is 2.57 bits per heavy atom. The first-order valence-electron chi connectivity index (χ1n) is 14.6. The standard InChI is InChI=1S/C33H30ClN3O10/c1-16-10-19(38)27(31(41)33(16)32(42)28-22(43-2)13-23(44-3)29(34)30(28)47-33)18(17-7-8-20-21(11-17)46-15-45-20)12-25(39)36-14-26(40)37-24-6-4-5-9-35-24/h4-9,11,13,16,18,41H,10,12,14-15H2,1-3H3,(H,36,39)(H,35,37,40)/t16-,18?,33+/m1/s1. The number of aliphatic hydroxyl groups excluding tert-OH is 1. The number of halogens is 1. The van der Waals surface area contributed by atoms with Crippen molar-refractivity contribution in [2.24, 2.45) is 5.92 Å². The summed E-state index contributed by atoms with van der Waals surface area (Å²) in [6, 6.07) is 11.3. The van der Waals surface area contributed by atoms with E-state index >= 15 is 0 Å². The normalized spacial score (nSPS) is 20.0. The van der Waals surface area contributed by atoms with Gasteiger partial charge in [0, 0.05) is 42.5 Å². The molecule has 3 N–H and O–H groups in total. The summed E-state index contributed by atoms with van der Waals surface area (Å²) in [6.45, 7) is 1.20. The van der Waals surface area contributed by atoms with Gasteiger partial charge >= 0.3 is 0 Å². The number of nitrogens with one attached hydrogen (secondary N) is 2. The molecule has 0 saturated heterocycles. The number of anilines is 1. The van der Waals surface area contributed by atoms with Gasteiger partial charge in [-0.1, -0.05) is 30.7 Å².